The van der Waals surface area contributed by atoms with Crippen molar-refractivity contribution in [3.8, 4) is 0 Å². The quantitative estimate of drug-likeness (QED) is 0.0684. The molecule has 1 saturated heterocycles. The number of amides is 6. The van der Waals surface area contributed by atoms with Crippen LogP contribution in [0.5, 0.6) is 0 Å². The van der Waals surface area contributed by atoms with Gasteiger partial charge < -0.3 is 64.9 Å². The number of carbonyl (C=O) groups excluding carboxylic acids is 8. The molecule has 1 fully saturated rings. The summed E-state index contributed by atoms with van der Waals surface area (Å²) in [6.45, 7) is 21.0. The third-order valence-corrected chi connectivity index (χ3v) is 13.4. The average Bonchev–Trinajstić information content (AvgIpc) is 3.34. The van der Waals surface area contributed by atoms with Crippen LogP contribution in [0.25, 0.3) is 0 Å². The molecule has 0 bridgehead atoms. The topological polar surface area (TPSA) is 292 Å². The molecule has 0 spiro atoms. The highest BCUT2D eigenvalue weighted by molar-refractivity contribution is 6.00. The fraction of sp³-hybridized carbons (Fsp3) is 0.760. The Kier molecular flexibility index (Phi) is 25.5. The number of cyclic esters (lactones) is 1. The molecule has 13 unspecified atom stereocenters. The first-order valence-corrected chi connectivity index (χ1v) is 25.0. The number of ether oxygens (including phenoxy) is 4. The molecule has 72 heavy (non-hydrogen) atoms. The van der Waals surface area contributed by atoms with Crippen molar-refractivity contribution in [3.63, 3.8) is 0 Å². The molecule has 0 aromatic carbocycles. The van der Waals surface area contributed by atoms with Gasteiger partial charge in [-0.2, -0.15) is 0 Å². The molecule has 2 aliphatic rings. The summed E-state index contributed by atoms with van der Waals surface area (Å²) in [5.41, 5.74) is 0.457. The van der Waals surface area contributed by atoms with Crippen LogP contribution in [0.4, 0.5) is 0 Å². The maximum Gasteiger partial charge on any atom is 0.331 e. The molecule has 2 rings (SSSR count). The van der Waals surface area contributed by atoms with Crippen molar-refractivity contribution in [2.45, 2.75) is 200 Å². The lowest BCUT2D eigenvalue weighted by Crippen LogP contribution is -2.65. The van der Waals surface area contributed by atoms with Crippen molar-refractivity contribution in [1.29, 1.82) is 0 Å². The lowest BCUT2D eigenvalue weighted by Gasteiger charge is -2.40. The number of nitrogens with one attached hydrogen (secondary N) is 4. The Morgan fingerprint density at radius 3 is 2.01 bits per heavy atom. The van der Waals surface area contributed by atoms with Gasteiger partial charge in [-0.3, -0.25) is 34.1 Å². The van der Waals surface area contributed by atoms with E-state index in [9.17, 15) is 48.9 Å². The number of rotatable bonds is 15. The van der Waals surface area contributed by atoms with Crippen molar-refractivity contribution in [2.24, 2.45) is 17.8 Å². The van der Waals surface area contributed by atoms with Gasteiger partial charge in [0.1, 0.15) is 48.4 Å². The van der Waals surface area contributed by atoms with Crippen LogP contribution in [0.1, 0.15) is 121 Å². The zero-order chi connectivity index (χ0) is 55.1. The summed E-state index contributed by atoms with van der Waals surface area (Å²) < 4.78 is 24.0. The molecular weight excluding hydrogens is 939 g/mol. The number of hydrogen-bond acceptors (Lipinski definition) is 16. The molecule has 0 saturated carbocycles. The number of methoxy groups -OCH3 is 1. The van der Waals surface area contributed by atoms with E-state index in [1.165, 1.54) is 49.0 Å². The largest absolute Gasteiger partial charge is 0.458 e. The van der Waals surface area contributed by atoms with E-state index in [4.69, 9.17) is 18.9 Å². The van der Waals surface area contributed by atoms with Gasteiger partial charge in [0.25, 0.3) is 11.8 Å². The summed E-state index contributed by atoms with van der Waals surface area (Å²) in [7, 11) is 5.14. The standard InChI is InChI=1S/C50H85N7O15/c1-17-34(58)52-36(40(60)25(3)4)48(66)71-41(26(5)6)37-47(65)57(15)39(31(12)69-16)50(68)72-42(27(7)8)38(53-35(59)18-2)49(67)70-33(24-32-22-20-19-21-23-32)46(64)56(14)29(10)43(61)51-28(9)45(63)55(13)30(11)44(62)54-37/h22,25-28,30-31,33,36-42,44,49,54,60,62,67H,10,17-21,23-24H2,1-9,11-16H3,(H,51,61)(H,52,58)(H,53,59). The van der Waals surface area contributed by atoms with Crippen LogP contribution < -0.4 is 21.3 Å². The fourth-order valence-electron chi connectivity index (χ4n) is 8.29. The predicted molar refractivity (Wildman–Crippen MR) is 264 cm³/mol. The fourth-order valence-corrected chi connectivity index (χ4v) is 8.29. The first-order valence-electron chi connectivity index (χ1n) is 25.0. The maximum absolute atomic E-state index is 15.2. The Hall–Kier alpha value is -5.00. The number of aliphatic hydroxyl groups is 3. The van der Waals surface area contributed by atoms with Crippen LogP contribution in [0.3, 0.4) is 0 Å². The van der Waals surface area contributed by atoms with Crippen LogP contribution in [0.2, 0.25) is 0 Å². The van der Waals surface area contributed by atoms with E-state index in [0.717, 1.165) is 39.5 Å². The van der Waals surface area contributed by atoms with Crippen molar-refractivity contribution in [1.82, 2.24) is 36.0 Å². The Labute approximate surface area is 425 Å². The van der Waals surface area contributed by atoms with Crippen LogP contribution >= 0.6 is 0 Å². The highest BCUT2D eigenvalue weighted by atomic mass is 16.6. The van der Waals surface area contributed by atoms with Crippen molar-refractivity contribution < 1.29 is 72.6 Å². The number of nitrogens with zero attached hydrogens (tertiary/aromatic N) is 3. The van der Waals surface area contributed by atoms with Crippen LogP contribution in [-0.4, -0.2) is 185 Å². The summed E-state index contributed by atoms with van der Waals surface area (Å²) in [5.74, 6) is -8.75. The van der Waals surface area contributed by atoms with Gasteiger partial charge in [0, 0.05) is 47.5 Å². The first-order chi connectivity index (χ1) is 33.6. The molecule has 0 aromatic heterocycles. The number of esters is 2. The molecule has 6 amide bonds. The van der Waals surface area contributed by atoms with E-state index in [-0.39, 0.29) is 25.0 Å². The molecule has 410 valence electrons. The Morgan fingerprint density at radius 2 is 1.50 bits per heavy atom. The van der Waals surface area contributed by atoms with Crippen LogP contribution in [-0.2, 0) is 57.3 Å². The molecule has 1 aliphatic heterocycles. The Bertz CT molecular complexity index is 1930. The average molecular weight is 1020 g/mol. The van der Waals surface area contributed by atoms with E-state index in [1.807, 2.05) is 6.08 Å². The van der Waals surface area contributed by atoms with Gasteiger partial charge in [-0.25, -0.2) is 9.59 Å². The van der Waals surface area contributed by atoms with Gasteiger partial charge in [0.2, 0.25) is 23.6 Å². The summed E-state index contributed by atoms with van der Waals surface area (Å²) in [4.78, 5) is 115. The van der Waals surface area contributed by atoms with Gasteiger partial charge in [-0.15, -0.1) is 0 Å². The summed E-state index contributed by atoms with van der Waals surface area (Å²) in [6.07, 6.45) is -5.84. The van der Waals surface area contributed by atoms with Crippen molar-refractivity contribution >= 4 is 47.4 Å². The number of aliphatic hydroxyl groups excluding tert-OH is 3. The minimum atomic E-state index is -2.03. The molecule has 13 atom stereocenters. The van der Waals surface area contributed by atoms with Crippen molar-refractivity contribution in [3.05, 3.63) is 23.9 Å². The third kappa shape index (κ3) is 17.0. The zero-order valence-corrected chi connectivity index (χ0v) is 45.1. The lowest BCUT2D eigenvalue weighted by atomic mass is 9.94. The lowest BCUT2D eigenvalue weighted by molar-refractivity contribution is -0.196. The Morgan fingerprint density at radius 1 is 0.889 bits per heavy atom. The number of hydrogen-bond donors (Lipinski definition) is 7. The minimum absolute atomic E-state index is 0.0236. The van der Waals surface area contributed by atoms with Gasteiger partial charge in [0.05, 0.1) is 18.2 Å². The second-order valence-corrected chi connectivity index (χ2v) is 19.9. The zero-order valence-electron chi connectivity index (χ0n) is 45.1. The second-order valence-electron chi connectivity index (χ2n) is 19.9. The van der Waals surface area contributed by atoms with E-state index < -0.39 is 144 Å². The molecular formula is C50H85N7O15. The number of likely N-dealkylation sites (N-methyl/N-ethyl adjacent to an activating group) is 3. The van der Waals surface area contributed by atoms with Gasteiger partial charge in [-0.05, 0) is 64.2 Å². The van der Waals surface area contributed by atoms with Crippen molar-refractivity contribution in [2.75, 3.05) is 28.3 Å². The SMILES string of the molecule is C=C1C(=O)NC(C)C(=O)N(C)C(C)C(O)NC(C(OC(=O)C(NC(=O)CC)C(O)C(C)C)C(C)C)C(=O)N(C)C(C(C)OC)C(=O)OC(C(C)C)C(NC(=O)CC)C(O)OC(CC2=CCCCC2)C(=O)N1C. The third-order valence-electron chi connectivity index (χ3n) is 13.4. The summed E-state index contributed by atoms with van der Waals surface area (Å²) in [6, 6.07) is -8.96. The van der Waals surface area contributed by atoms with E-state index >= 15 is 4.79 Å². The summed E-state index contributed by atoms with van der Waals surface area (Å²) >= 11 is 0. The minimum Gasteiger partial charge on any atom is -0.458 e. The van der Waals surface area contributed by atoms with E-state index in [2.05, 4.69) is 27.8 Å². The predicted octanol–water partition coefficient (Wildman–Crippen LogP) is 0.998. The van der Waals surface area contributed by atoms with Gasteiger partial charge in [-0.1, -0.05) is 73.6 Å². The van der Waals surface area contributed by atoms with Crippen LogP contribution in [0, 0.1) is 17.8 Å². The smallest absolute Gasteiger partial charge is 0.331 e. The maximum atomic E-state index is 15.2. The Balaban J connectivity index is 2.98. The number of carbonyl (C=O) groups is 8. The van der Waals surface area contributed by atoms with E-state index in [1.54, 1.807) is 55.4 Å². The highest BCUT2D eigenvalue weighted by Gasteiger charge is 2.47. The van der Waals surface area contributed by atoms with E-state index in [0.29, 0.717) is 6.42 Å². The molecule has 1 aliphatic carbocycles. The molecule has 0 aromatic rings. The molecule has 22 nitrogen and oxygen atoms in total. The van der Waals surface area contributed by atoms with Gasteiger partial charge >= 0.3 is 11.9 Å². The molecule has 0 radical (unpaired) electrons. The second kappa shape index (κ2) is 29.0. The summed E-state index contributed by atoms with van der Waals surface area (Å²) in [5, 5.41) is 45.6. The highest BCUT2D eigenvalue weighted by Crippen LogP contribution is 2.27. The normalized spacial score (nSPS) is 28.0. The molecule has 1 heterocycles. The van der Waals surface area contributed by atoms with Crippen LogP contribution in [0.15, 0.2) is 23.9 Å². The first kappa shape index (κ1) is 63.1. The monoisotopic (exact) mass is 1020 g/mol. The molecule has 22 heteroatoms. The van der Waals surface area contributed by atoms with Gasteiger partial charge in [0.15, 0.2) is 18.4 Å². The number of allylic oxidation sites excluding steroid dienone is 1. The molecule has 7 N–H and O–H groups in total.